The van der Waals surface area contributed by atoms with Crippen LogP contribution in [-0.2, 0) is 13.1 Å². The van der Waals surface area contributed by atoms with E-state index in [-0.39, 0.29) is 0 Å². The zero-order valence-corrected chi connectivity index (χ0v) is 12.4. The number of nitrogens with one attached hydrogen (secondary N) is 2. The van der Waals surface area contributed by atoms with Crippen molar-refractivity contribution in [3.8, 4) is 5.75 Å². The quantitative estimate of drug-likeness (QED) is 0.404. The molecule has 0 saturated carbocycles. The van der Waals surface area contributed by atoms with Gasteiger partial charge >= 0.3 is 0 Å². The third-order valence-electron chi connectivity index (χ3n) is 3.16. The molecule has 0 fully saturated rings. The molecule has 20 heavy (non-hydrogen) atoms. The van der Waals surface area contributed by atoms with E-state index in [0.29, 0.717) is 31.9 Å². The zero-order chi connectivity index (χ0) is 14.8. The number of nitrogens with two attached hydrogens (primary N) is 2. The molecule has 5 heteroatoms. The normalized spacial score (nSPS) is 10.9. The molecule has 1 rings (SSSR count). The van der Waals surface area contributed by atoms with Gasteiger partial charge in [-0.2, -0.15) is 0 Å². The molecular formula is C15H28N4O. The summed E-state index contributed by atoms with van der Waals surface area (Å²) in [5.74, 6) is 0.385. The molecule has 0 aliphatic carbocycles. The maximum absolute atomic E-state index is 10.3. The Labute approximate surface area is 121 Å². The molecule has 0 radical (unpaired) electrons. The molecule has 0 aliphatic heterocycles. The van der Waals surface area contributed by atoms with Crippen LogP contribution in [0, 0.1) is 6.92 Å². The van der Waals surface area contributed by atoms with Crippen LogP contribution < -0.4 is 22.1 Å². The van der Waals surface area contributed by atoms with Gasteiger partial charge in [0.05, 0.1) is 0 Å². The van der Waals surface area contributed by atoms with Crippen LogP contribution in [-0.4, -0.2) is 31.3 Å². The lowest BCUT2D eigenvalue weighted by molar-refractivity contribution is 0.453. The Bertz CT molecular complexity index is 362. The molecule has 0 atom stereocenters. The largest absolute Gasteiger partial charge is 0.507 e. The number of hydrogen-bond acceptors (Lipinski definition) is 5. The summed E-state index contributed by atoms with van der Waals surface area (Å²) in [5, 5.41) is 16.9. The molecule has 1 aromatic carbocycles. The van der Waals surface area contributed by atoms with Gasteiger partial charge in [0.2, 0.25) is 0 Å². The van der Waals surface area contributed by atoms with Gasteiger partial charge < -0.3 is 27.2 Å². The summed E-state index contributed by atoms with van der Waals surface area (Å²) in [6.07, 6.45) is 1.89. The highest BCUT2D eigenvalue weighted by Crippen LogP contribution is 2.24. The molecule has 0 heterocycles. The van der Waals surface area contributed by atoms with Gasteiger partial charge in [-0.25, -0.2) is 0 Å². The van der Waals surface area contributed by atoms with Crippen molar-refractivity contribution >= 4 is 0 Å². The van der Waals surface area contributed by atoms with Crippen LogP contribution in [0.1, 0.15) is 29.5 Å². The number of aryl methyl sites for hydroxylation is 1. The topological polar surface area (TPSA) is 96.3 Å². The van der Waals surface area contributed by atoms with Crippen molar-refractivity contribution in [1.29, 1.82) is 0 Å². The van der Waals surface area contributed by atoms with Crippen molar-refractivity contribution in [3.05, 3.63) is 28.8 Å². The molecule has 114 valence electrons. The second-order valence-corrected chi connectivity index (χ2v) is 5.07. The summed E-state index contributed by atoms with van der Waals surface area (Å²) in [6.45, 7) is 6.49. The summed E-state index contributed by atoms with van der Waals surface area (Å²) >= 11 is 0. The molecule has 0 spiro atoms. The summed E-state index contributed by atoms with van der Waals surface area (Å²) in [4.78, 5) is 0. The van der Waals surface area contributed by atoms with Crippen LogP contribution in [0.4, 0.5) is 0 Å². The first-order valence-corrected chi connectivity index (χ1v) is 7.32. The number of phenolic OH excluding ortho intramolecular Hbond substituents is 1. The Hall–Kier alpha value is -1.14. The predicted molar refractivity (Wildman–Crippen MR) is 83.6 cm³/mol. The Balaban J connectivity index is 2.59. The highest BCUT2D eigenvalue weighted by molar-refractivity contribution is 5.43. The molecule has 0 amide bonds. The smallest absolute Gasteiger partial charge is 0.124 e. The second kappa shape index (κ2) is 9.72. The van der Waals surface area contributed by atoms with Gasteiger partial charge in [0, 0.05) is 24.2 Å². The second-order valence-electron chi connectivity index (χ2n) is 5.07. The minimum Gasteiger partial charge on any atom is -0.507 e. The molecule has 0 aliphatic rings. The minimum atomic E-state index is 0.385. The average molecular weight is 280 g/mol. The van der Waals surface area contributed by atoms with E-state index in [2.05, 4.69) is 10.6 Å². The van der Waals surface area contributed by atoms with Crippen LogP contribution in [0.5, 0.6) is 5.75 Å². The van der Waals surface area contributed by atoms with Crippen LogP contribution in [0.2, 0.25) is 0 Å². The van der Waals surface area contributed by atoms with Gasteiger partial charge in [0.25, 0.3) is 0 Å². The predicted octanol–water partition coefficient (Wildman–Crippen LogP) is 0.577. The Morgan fingerprint density at radius 3 is 1.80 bits per heavy atom. The Morgan fingerprint density at radius 2 is 1.40 bits per heavy atom. The van der Waals surface area contributed by atoms with Gasteiger partial charge in [-0.15, -0.1) is 0 Å². The number of hydrogen-bond donors (Lipinski definition) is 5. The standard InChI is InChI=1S/C15H28N4O/c1-12-8-13(10-18-6-2-4-16)15(20)14(9-12)11-19-7-3-5-17/h8-9,18-20H,2-7,10-11,16-17H2,1H3. The van der Waals surface area contributed by atoms with Crippen LogP contribution in [0.15, 0.2) is 12.1 Å². The van der Waals surface area contributed by atoms with E-state index in [1.165, 1.54) is 0 Å². The first kappa shape index (κ1) is 16.9. The SMILES string of the molecule is Cc1cc(CNCCCN)c(O)c(CNCCCN)c1. The number of rotatable bonds is 10. The average Bonchev–Trinajstić information content (AvgIpc) is 2.44. The van der Waals surface area contributed by atoms with Crippen molar-refractivity contribution < 1.29 is 5.11 Å². The summed E-state index contributed by atoms with van der Waals surface area (Å²) in [7, 11) is 0. The Morgan fingerprint density at radius 1 is 0.950 bits per heavy atom. The Kier molecular flexibility index (Phi) is 8.22. The first-order valence-electron chi connectivity index (χ1n) is 7.32. The number of aromatic hydroxyl groups is 1. The van der Waals surface area contributed by atoms with Crippen molar-refractivity contribution in [2.45, 2.75) is 32.9 Å². The molecule has 0 unspecified atom stereocenters. The fraction of sp³-hybridized carbons (Fsp3) is 0.600. The van der Waals surface area contributed by atoms with Crippen LogP contribution in [0.25, 0.3) is 0 Å². The van der Waals surface area contributed by atoms with Crippen molar-refractivity contribution in [1.82, 2.24) is 10.6 Å². The first-order chi connectivity index (χ1) is 9.69. The molecule has 0 aromatic heterocycles. The lowest BCUT2D eigenvalue weighted by Crippen LogP contribution is -2.19. The van der Waals surface area contributed by atoms with Crippen molar-refractivity contribution in [2.75, 3.05) is 26.2 Å². The van der Waals surface area contributed by atoms with E-state index in [4.69, 9.17) is 11.5 Å². The third-order valence-corrected chi connectivity index (χ3v) is 3.16. The van der Waals surface area contributed by atoms with Gasteiger partial charge in [-0.05, 0) is 45.9 Å². The molecular weight excluding hydrogens is 252 g/mol. The highest BCUT2D eigenvalue weighted by atomic mass is 16.3. The minimum absolute atomic E-state index is 0.385. The fourth-order valence-electron chi connectivity index (χ4n) is 2.10. The lowest BCUT2D eigenvalue weighted by atomic mass is 10.0. The number of phenols is 1. The summed E-state index contributed by atoms with van der Waals surface area (Å²) < 4.78 is 0. The van der Waals surface area contributed by atoms with Gasteiger partial charge in [-0.3, -0.25) is 0 Å². The molecule has 0 bridgehead atoms. The van der Waals surface area contributed by atoms with Gasteiger partial charge in [-0.1, -0.05) is 17.7 Å². The summed E-state index contributed by atoms with van der Waals surface area (Å²) in [5.41, 5.74) is 14.0. The highest BCUT2D eigenvalue weighted by Gasteiger charge is 2.08. The van der Waals surface area contributed by atoms with Gasteiger partial charge in [0.1, 0.15) is 5.75 Å². The molecule has 7 N–H and O–H groups in total. The molecule has 5 nitrogen and oxygen atoms in total. The van der Waals surface area contributed by atoms with Gasteiger partial charge in [0.15, 0.2) is 0 Å². The van der Waals surface area contributed by atoms with E-state index in [1.807, 2.05) is 19.1 Å². The van der Waals surface area contributed by atoms with E-state index in [0.717, 1.165) is 42.6 Å². The monoisotopic (exact) mass is 280 g/mol. The van der Waals surface area contributed by atoms with E-state index in [9.17, 15) is 5.11 Å². The zero-order valence-electron chi connectivity index (χ0n) is 12.4. The maximum Gasteiger partial charge on any atom is 0.124 e. The van der Waals surface area contributed by atoms with Crippen molar-refractivity contribution in [2.24, 2.45) is 11.5 Å². The lowest BCUT2D eigenvalue weighted by Gasteiger charge is -2.13. The fourth-order valence-corrected chi connectivity index (χ4v) is 2.10. The van der Waals surface area contributed by atoms with Crippen LogP contribution in [0.3, 0.4) is 0 Å². The molecule has 0 saturated heterocycles. The third kappa shape index (κ3) is 5.88. The number of benzene rings is 1. The molecule has 1 aromatic rings. The van der Waals surface area contributed by atoms with Crippen LogP contribution >= 0.6 is 0 Å². The van der Waals surface area contributed by atoms with E-state index >= 15 is 0 Å². The van der Waals surface area contributed by atoms with E-state index in [1.54, 1.807) is 0 Å². The maximum atomic E-state index is 10.3. The van der Waals surface area contributed by atoms with Crippen molar-refractivity contribution in [3.63, 3.8) is 0 Å². The summed E-state index contributed by atoms with van der Waals surface area (Å²) in [6, 6.07) is 4.04. The van der Waals surface area contributed by atoms with E-state index < -0.39 is 0 Å².